The first kappa shape index (κ1) is 12.3. The van der Waals surface area contributed by atoms with Crippen LogP contribution in [0.3, 0.4) is 0 Å². The fourth-order valence-corrected chi connectivity index (χ4v) is 1.37. The maximum Gasteiger partial charge on any atom is 0.139 e. The summed E-state index contributed by atoms with van der Waals surface area (Å²) in [6, 6.07) is 7.37. The topological polar surface area (TPSA) is 35.5 Å². The van der Waals surface area contributed by atoms with Crippen LogP contribution in [0.15, 0.2) is 24.3 Å². The number of Topliss-reactive ketones (excluding diaryl/α,β-unsaturated/α-hetero) is 1. The summed E-state index contributed by atoms with van der Waals surface area (Å²) in [5.41, 5.74) is 0. The molecule has 0 spiro atoms. The van der Waals surface area contributed by atoms with E-state index in [2.05, 4.69) is 22.6 Å². The van der Waals surface area contributed by atoms with Crippen molar-refractivity contribution in [3.8, 4) is 11.5 Å². The van der Waals surface area contributed by atoms with E-state index in [9.17, 15) is 4.79 Å². The van der Waals surface area contributed by atoms with Gasteiger partial charge in [-0.25, -0.2) is 0 Å². The monoisotopic (exact) mass is 320 g/mol. The molecule has 1 aromatic carbocycles. The van der Waals surface area contributed by atoms with E-state index in [0.29, 0.717) is 17.6 Å². The molecule has 0 aliphatic carbocycles. The van der Waals surface area contributed by atoms with Crippen LogP contribution in [0.5, 0.6) is 11.5 Å². The lowest BCUT2D eigenvalue weighted by atomic mass is 10.3. The van der Waals surface area contributed by atoms with Crippen LogP contribution in [0.25, 0.3) is 0 Å². The normalized spacial score (nSPS) is 9.73. The van der Waals surface area contributed by atoms with Gasteiger partial charge in [0, 0.05) is 6.42 Å². The fraction of sp³-hybridized carbons (Fsp3) is 0.364. The van der Waals surface area contributed by atoms with Crippen LogP contribution >= 0.6 is 22.6 Å². The Morgan fingerprint density at radius 3 is 2.20 bits per heavy atom. The Morgan fingerprint density at radius 1 is 1.20 bits per heavy atom. The molecule has 1 rings (SSSR count). The minimum Gasteiger partial charge on any atom is -0.493 e. The van der Waals surface area contributed by atoms with E-state index >= 15 is 0 Å². The molecular formula is C11H13IO3. The van der Waals surface area contributed by atoms with Gasteiger partial charge in [-0.3, -0.25) is 4.79 Å². The maximum absolute atomic E-state index is 10.7. The summed E-state index contributed by atoms with van der Waals surface area (Å²) in [5, 5.41) is 0. The number of hydrogen-bond donors (Lipinski definition) is 0. The highest BCUT2D eigenvalue weighted by Crippen LogP contribution is 2.18. The van der Waals surface area contributed by atoms with Crippen molar-refractivity contribution in [2.45, 2.75) is 13.3 Å². The minimum absolute atomic E-state index is 0.139. The van der Waals surface area contributed by atoms with Crippen LogP contribution in [-0.2, 0) is 4.79 Å². The molecule has 3 nitrogen and oxygen atoms in total. The van der Waals surface area contributed by atoms with Gasteiger partial charge in [0.1, 0.15) is 21.9 Å². The number of ether oxygens (including phenoxy) is 2. The summed E-state index contributed by atoms with van der Waals surface area (Å²) in [7, 11) is 0. The van der Waals surface area contributed by atoms with Gasteiger partial charge in [-0.1, -0.05) is 0 Å². The van der Waals surface area contributed by atoms with Crippen molar-refractivity contribution in [1.29, 1.82) is 0 Å². The number of carbonyl (C=O) groups is 1. The lowest BCUT2D eigenvalue weighted by Gasteiger charge is -2.06. The molecule has 82 valence electrons. The molecule has 4 heteroatoms. The second kappa shape index (κ2) is 6.66. The fourth-order valence-electron chi connectivity index (χ4n) is 1.01. The van der Waals surface area contributed by atoms with Gasteiger partial charge in [-0.15, -0.1) is 0 Å². The molecule has 0 atom stereocenters. The Balaban J connectivity index is 2.39. The third-order valence-electron chi connectivity index (χ3n) is 1.77. The molecule has 0 aliphatic rings. The number of ketones is 1. The third-order valence-corrected chi connectivity index (χ3v) is 2.08. The molecule has 0 N–H and O–H groups in total. The molecule has 0 radical (unpaired) electrons. The van der Waals surface area contributed by atoms with Gasteiger partial charge in [-0.2, -0.15) is 0 Å². The second-order valence-corrected chi connectivity index (χ2v) is 3.65. The number of carbonyl (C=O) groups excluding carboxylic acids is 1. The third kappa shape index (κ3) is 5.01. The van der Waals surface area contributed by atoms with Crippen molar-refractivity contribution in [3.63, 3.8) is 0 Å². The van der Waals surface area contributed by atoms with E-state index in [4.69, 9.17) is 9.47 Å². The molecule has 0 saturated carbocycles. The maximum atomic E-state index is 10.7. The van der Waals surface area contributed by atoms with Crippen molar-refractivity contribution < 1.29 is 14.3 Å². The number of rotatable bonds is 6. The van der Waals surface area contributed by atoms with E-state index in [1.54, 1.807) is 6.92 Å². The zero-order valence-electron chi connectivity index (χ0n) is 8.53. The Bertz CT molecular complexity index is 308. The number of halogens is 1. The average Bonchev–Trinajstić information content (AvgIpc) is 2.20. The number of hydrogen-bond acceptors (Lipinski definition) is 3. The Hall–Kier alpha value is -0.780. The van der Waals surface area contributed by atoms with Gasteiger partial charge in [0.2, 0.25) is 0 Å². The smallest absolute Gasteiger partial charge is 0.139 e. The summed E-state index contributed by atoms with van der Waals surface area (Å²) in [4.78, 5) is 10.7. The summed E-state index contributed by atoms with van der Waals surface area (Å²) >= 11 is 2.14. The first-order valence-corrected chi connectivity index (χ1v) is 6.16. The standard InChI is InChI=1S/C11H13IO3/c1-9(13)6-7-14-10-2-4-11(5-3-10)15-8-12/h2-5H,6-8H2,1H3. The molecule has 0 fully saturated rings. The largest absolute Gasteiger partial charge is 0.493 e. The first-order valence-electron chi connectivity index (χ1n) is 4.63. The van der Waals surface area contributed by atoms with Crippen molar-refractivity contribution in [3.05, 3.63) is 24.3 Å². The van der Waals surface area contributed by atoms with E-state index in [1.807, 2.05) is 24.3 Å². The molecule has 0 saturated heterocycles. The van der Waals surface area contributed by atoms with Crippen LogP contribution in [0.4, 0.5) is 0 Å². The number of benzene rings is 1. The molecule has 0 unspecified atom stereocenters. The summed E-state index contributed by atoms with van der Waals surface area (Å²) in [6.07, 6.45) is 0.450. The van der Waals surface area contributed by atoms with Gasteiger partial charge in [0.05, 0.1) is 6.61 Å². The van der Waals surface area contributed by atoms with Crippen molar-refractivity contribution in [2.24, 2.45) is 0 Å². The summed E-state index contributed by atoms with van der Waals surface area (Å²) < 4.78 is 11.3. The Kier molecular flexibility index (Phi) is 5.45. The van der Waals surface area contributed by atoms with Crippen molar-refractivity contribution in [2.75, 3.05) is 11.2 Å². The first-order chi connectivity index (χ1) is 7.22. The summed E-state index contributed by atoms with van der Waals surface area (Å²) in [5.74, 6) is 1.72. The van der Waals surface area contributed by atoms with Crippen LogP contribution in [-0.4, -0.2) is 17.0 Å². The van der Waals surface area contributed by atoms with Gasteiger partial charge >= 0.3 is 0 Å². The van der Waals surface area contributed by atoms with E-state index in [-0.39, 0.29) is 5.78 Å². The van der Waals surface area contributed by atoms with Gasteiger partial charge < -0.3 is 9.47 Å². The lowest BCUT2D eigenvalue weighted by molar-refractivity contribution is -0.117. The second-order valence-electron chi connectivity index (χ2n) is 3.03. The highest BCUT2D eigenvalue weighted by molar-refractivity contribution is 14.1. The van der Waals surface area contributed by atoms with Crippen LogP contribution in [0, 0.1) is 0 Å². The van der Waals surface area contributed by atoms with Crippen LogP contribution < -0.4 is 9.47 Å². The van der Waals surface area contributed by atoms with Crippen LogP contribution in [0.1, 0.15) is 13.3 Å². The number of alkyl halides is 1. The zero-order valence-corrected chi connectivity index (χ0v) is 10.7. The van der Waals surface area contributed by atoms with Gasteiger partial charge in [-0.05, 0) is 53.8 Å². The molecular weight excluding hydrogens is 307 g/mol. The minimum atomic E-state index is 0.139. The molecule has 0 aromatic heterocycles. The van der Waals surface area contributed by atoms with Crippen molar-refractivity contribution >= 4 is 28.4 Å². The van der Waals surface area contributed by atoms with E-state index in [1.165, 1.54) is 0 Å². The molecule has 15 heavy (non-hydrogen) atoms. The summed E-state index contributed by atoms with van der Waals surface area (Å²) in [6.45, 7) is 1.99. The molecule has 1 aromatic rings. The highest BCUT2D eigenvalue weighted by Gasteiger charge is 1.97. The molecule has 0 amide bonds. The molecule has 0 aliphatic heterocycles. The van der Waals surface area contributed by atoms with Gasteiger partial charge in [0.15, 0.2) is 0 Å². The Labute approximate surface area is 103 Å². The SMILES string of the molecule is CC(=O)CCOc1ccc(OCI)cc1. The lowest BCUT2D eigenvalue weighted by Crippen LogP contribution is -2.02. The average molecular weight is 320 g/mol. The van der Waals surface area contributed by atoms with E-state index < -0.39 is 0 Å². The highest BCUT2D eigenvalue weighted by atomic mass is 127. The van der Waals surface area contributed by atoms with Gasteiger partial charge in [0.25, 0.3) is 0 Å². The predicted molar refractivity (Wildman–Crippen MR) is 66.8 cm³/mol. The van der Waals surface area contributed by atoms with E-state index in [0.717, 1.165) is 11.5 Å². The van der Waals surface area contributed by atoms with Crippen LogP contribution in [0.2, 0.25) is 0 Å². The molecule has 0 bridgehead atoms. The Morgan fingerprint density at radius 2 is 1.73 bits per heavy atom. The quantitative estimate of drug-likeness (QED) is 0.597. The van der Waals surface area contributed by atoms with Crippen molar-refractivity contribution in [1.82, 2.24) is 0 Å². The molecule has 0 heterocycles. The zero-order chi connectivity index (χ0) is 11.1. The predicted octanol–water partition coefficient (Wildman–Crippen LogP) is 2.82.